The van der Waals surface area contributed by atoms with Gasteiger partial charge in [-0.15, -0.1) is 0 Å². The Balaban J connectivity index is 1.14. The van der Waals surface area contributed by atoms with E-state index in [9.17, 15) is 0 Å². The van der Waals surface area contributed by atoms with Gasteiger partial charge in [-0.05, 0) is 85.0 Å². The molecule has 0 fully saturated rings. The molecule has 0 saturated carbocycles. The third-order valence-corrected chi connectivity index (χ3v) is 11.0. The molecule has 0 saturated heterocycles. The zero-order valence-corrected chi connectivity index (χ0v) is 32.9. The molecule has 282 valence electrons. The van der Waals surface area contributed by atoms with E-state index in [0.29, 0.717) is 17.5 Å². The van der Waals surface area contributed by atoms with Crippen molar-refractivity contribution in [2.24, 2.45) is 0 Å². The molecule has 0 aliphatic heterocycles. The number of hydrogen-bond donors (Lipinski definition) is 0. The lowest BCUT2D eigenvalue weighted by molar-refractivity contribution is 1.07. The van der Waals surface area contributed by atoms with Crippen LogP contribution in [0.1, 0.15) is 0 Å². The van der Waals surface area contributed by atoms with E-state index >= 15 is 0 Å². The summed E-state index contributed by atoms with van der Waals surface area (Å²) in [6, 6.07) is 83.1. The van der Waals surface area contributed by atoms with Gasteiger partial charge in [-0.2, -0.15) is 0 Å². The molecule has 3 heteroatoms. The molecule has 60 heavy (non-hydrogen) atoms. The van der Waals surface area contributed by atoms with Gasteiger partial charge in [0.1, 0.15) is 0 Å². The zero-order valence-electron chi connectivity index (χ0n) is 32.9. The van der Waals surface area contributed by atoms with Crippen LogP contribution in [-0.4, -0.2) is 15.0 Å². The fourth-order valence-electron chi connectivity index (χ4n) is 7.82. The Morgan fingerprint density at radius 2 is 0.417 bits per heavy atom. The highest BCUT2D eigenvalue weighted by atomic mass is 15.0. The maximum Gasteiger partial charge on any atom is 0.164 e. The maximum absolute atomic E-state index is 5.25. The maximum atomic E-state index is 5.25. The molecule has 0 radical (unpaired) electrons. The third-order valence-electron chi connectivity index (χ3n) is 11.0. The van der Waals surface area contributed by atoms with Crippen LogP contribution in [0.4, 0.5) is 0 Å². The van der Waals surface area contributed by atoms with Crippen molar-refractivity contribution in [3.63, 3.8) is 0 Å². The molecule has 9 aromatic carbocycles. The van der Waals surface area contributed by atoms with Crippen LogP contribution in [0.2, 0.25) is 0 Å². The van der Waals surface area contributed by atoms with Gasteiger partial charge < -0.3 is 0 Å². The molecule has 0 N–H and O–H groups in total. The summed E-state index contributed by atoms with van der Waals surface area (Å²) < 4.78 is 0. The largest absolute Gasteiger partial charge is 0.208 e. The Bertz CT molecular complexity index is 2920. The second-order valence-electron chi connectivity index (χ2n) is 14.8. The van der Waals surface area contributed by atoms with Crippen LogP contribution >= 0.6 is 0 Å². The predicted molar refractivity (Wildman–Crippen MR) is 249 cm³/mol. The molecule has 0 aliphatic rings. The fourth-order valence-corrected chi connectivity index (χ4v) is 7.82. The molecule has 0 unspecified atom stereocenters. The van der Waals surface area contributed by atoms with Gasteiger partial charge in [0.2, 0.25) is 0 Å². The first-order valence-electron chi connectivity index (χ1n) is 20.3. The first kappa shape index (κ1) is 36.3. The van der Waals surface area contributed by atoms with E-state index in [2.05, 4.69) is 224 Å². The highest BCUT2D eigenvalue weighted by molar-refractivity contribution is 5.88. The number of hydrogen-bond acceptors (Lipinski definition) is 3. The molecule has 0 spiro atoms. The average molecular weight is 766 g/mol. The first-order chi connectivity index (χ1) is 29.7. The Hall–Kier alpha value is -8.01. The van der Waals surface area contributed by atoms with Crippen molar-refractivity contribution < 1.29 is 0 Å². The average Bonchev–Trinajstić information content (AvgIpc) is 3.35. The van der Waals surface area contributed by atoms with Gasteiger partial charge in [-0.3, -0.25) is 0 Å². The SMILES string of the molecule is c1ccc(-c2ccc(-c3cc(-c4nc(-c5ccc(-c6ccccc6)cc5)nc(-c5ccc(-c6ccccc6)cc5)n4)cc(-c4ccccc4-c4ccccc4)c3)cc2)cc1. The molecule has 10 aromatic rings. The van der Waals surface area contributed by atoms with Crippen LogP contribution in [0, 0.1) is 0 Å². The van der Waals surface area contributed by atoms with Crippen LogP contribution in [0.15, 0.2) is 237 Å². The second kappa shape index (κ2) is 16.5. The molecule has 0 amide bonds. The van der Waals surface area contributed by atoms with E-state index in [4.69, 9.17) is 15.0 Å². The number of rotatable bonds is 9. The molecule has 3 nitrogen and oxygen atoms in total. The van der Waals surface area contributed by atoms with Crippen molar-refractivity contribution in [1.82, 2.24) is 15.0 Å². The van der Waals surface area contributed by atoms with E-state index in [0.717, 1.165) is 72.3 Å². The molecular formula is C57H39N3. The Morgan fingerprint density at radius 1 is 0.167 bits per heavy atom. The predicted octanol–water partition coefficient (Wildman–Crippen LogP) is 14.9. The summed E-state index contributed by atoms with van der Waals surface area (Å²) in [4.78, 5) is 15.6. The van der Waals surface area contributed by atoms with Crippen LogP contribution < -0.4 is 0 Å². The van der Waals surface area contributed by atoms with E-state index in [1.165, 1.54) is 11.1 Å². The summed E-state index contributed by atoms with van der Waals surface area (Å²) in [5.41, 5.74) is 16.4. The van der Waals surface area contributed by atoms with Gasteiger partial charge in [0.15, 0.2) is 17.5 Å². The number of benzene rings is 9. The van der Waals surface area contributed by atoms with E-state index in [1.54, 1.807) is 0 Å². The minimum absolute atomic E-state index is 0.607. The standard InChI is InChI=1S/C57H39N3/c1-5-15-40(16-6-1)43-25-27-46(28-26-43)50-37-51(54-24-14-13-23-53(54)47-21-11-4-12-22-47)39-52(38-50)57-59-55(48-33-29-44(30-34-48)41-17-7-2-8-18-41)58-56(60-57)49-35-31-45(32-36-49)42-19-9-3-10-20-42/h1-39H. The van der Waals surface area contributed by atoms with Crippen molar-refractivity contribution in [2.45, 2.75) is 0 Å². The van der Waals surface area contributed by atoms with Crippen molar-refractivity contribution in [2.75, 3.05) is 0 Å². The highest BCUT2D eigenvalue weighted by Gasteiger charge is 2.17. The van der Waals surface area contributed by atoms with Crippen LogP contribution in [0.25, 0.3) is 101 Å². The molecule has 10 rings (SSSR count). The third kappa shape index (κ3) is 7.68. The van der Waals surface area contributed by atoms with Gasteiger partial charge in [-0.25, -0.2) is 15.0 Å². The summed E-state index contributed by atoms with van der Waals surface area (Å²) in [6.45, 7) is 0. The molecule has 0 aliphatic carbocycles. The van der Waals surface area contributed by atoms with Gasteiger partial charge in [0.05, 0.1) is 0 Å². The Labute approximate surface area is 351 Å². The molecule has 0 atom stereocenters. The number of nitrogens with zero attached hydrogens (tertiary/aromatic N) is 3. The van der Waals surface area contributed by atoms with Crippen molar-refractivity contribution in [1.29, 1.82) is 0 Å². The number of aromatic nitrogens is 3. The normalized spacial score (nSPS) is 11.0. The van der Waals surface area contributed by atoms with Crippen molar-refractivity contribution in [3.05, 3.63) is 237 Å². The van der Waals surface area contributed by atoms with Gasteiger partial charge in [-0.1, -0.05) is 218 Å². The summed E-state index contributed by atoms with van der Waals surface area (Å²) in [7, 11) is 0. The molecular weight excluding hydrogens is 727 g/mol. The van der Waals surface area contributed by atoms with Crippen LogP contribution in [-0.2, 0) is 0 Å². The smallest absolute Gasteiger partial charge is 0.164 e. The van der Waals surface area contributed by atoms with Gasteiger partial charge in [0.25, 0.3) is 0 Å². The minimum Gasteiger partial charge on any atom is -0.208 e. The van der Waals surface area contributed by atoms with Gasteiger partial charge >= 0.3 is 0 Å². The lowest BCUT2D eigenvalue weighted by Crippen LogP contribution is -2.01. The zero-order chi connectivity index (χ0) is 40.1. The second-order valence-corrected chi connectivity index (χ2v) is 14.8. The lowest BCUT2D eigenvalue weighted by Gasteiger charge is -2.15. The van der Waals surface area contributed by atoms with E-state index in [-0.39, 0.29) is 0 Å². The topological polar surface area (TPSA) is 38.7 Å². The Kier molecular flexibility index (Phi) is 9.97. The summed E-state index contributed by atoms with van der Waals surface area (Å²) >= 11 is 0. The first-order valence-corrected chi connectivity index (χ1v) is 20.3. The highest BCUT2D eigenvalue weighted by Crippen LogP contribution is 2.38. The van der Waals surface area contributed by atoms with Gasteiger partial charge in [0, 0.05) is 16.7 Å². The lowest BCUT2D eigenvalue weighted by atomic mass is 9.90. The quantitative estimate of drug-likeness (QED) is 0.147. The van der Waals surface area contributed by atoms with Crippen molar-refractivity contribution >= 4 is 0 Å². The Morgan fingerprint density at radius 3 is 0.817 bits per heavy atom. The monoisotopic (exact) mass is 765 g/mol. The van der Waals surface area contributed by atoms with Crippen molar-refractivity contribution in [3.8, 4) is 101 Å². The molecule has 1 heterocycles. The van der Waals surface area contributed by atoms with Crippen LogP contribution in [0.3, 0.4) is 0 Å². The minimum atomic E-state index is 0.607. The van der Waals surface area contributed by atoms with E-state index in [1.807, 2.05) is 12.1 Å². The fraction of sp³-hybridized carbons (Fsp3) is 0. The van der Waals surface area contributed by atoms with Crippen LogP contribution in [0.5, 0.6) is 0 Å². The molecule has 1 aromatic heterocycles. The van der Waals surface area contributed by atoms with E-state index < -0.39 is 0 Å². The summed E-state index contributed by atoms with van der Waals surface area (Å²) in [5.74, 6) is 1.84. The summed E-state index contributed by atoms with van der Waals surface area (Å²) in [6.07, 6.45) is 0. The summed E-state index contributed by atoms with van der Waals surface area (Å²) in [5, 5.41) is 0. The molecule has 0 bridgehead atoms.